The highest BCUT2D eigenvalue weighted by atomic mass is 16.4. The number of nitrogens with zero attached hydrogens (tertiary/aromatic N) is 4. The first kappa shape index (κ1) is 24.5. The van der Waals surface area contributed by atoms with Crippen LogP contribution in [0, 0.1) is 13.8 Å². The zero-order valence-electron chi connectivity index (χ0n) is 22.7. The molecule has 1 aliphatic rings. The number of hydrogen-bond acceptors (Lipinski definition) is 4. The molecule has 198 valence electrons. The minimum absolute atomic E-state index is 0.306. The Morgan fingerprint density at radius 3 is 2.40 bits per heavy atom. The third kappa shape index (κ3) is 4.02. The van der Waals surface area contributed by atoms with Gasteiger partial charge in [-0.25, -0.2) is 9.78 Å². The van der Waals surface area contributed by atoms with Gasteiger partial charge in [0.1, 0.15) is 5.82 Å². The summed E-state index contributed by atoms with van der Waals surface area (Å²) in [7, 11) is 0. The fraction of sp³-hybridized carbons (Fsp3) is 0.235. The number of pyridine rings is 2. The molecule has 3 heterocycles. The predicted octanol–water partition coefficient (Wildman–Crippen LogP) is 8.29. The summed E-state index contributed by atoms with van der Waals surface area (Å²) in [6.07, 6.45) is 11.3. The molecule has 0 bridgehead atoms. The zero-order valence-corrected chi connectivity index (χ0v) is 22.7. The van der Waals surface area contributed by atoms with E-state index in [1.165, 1.54) is 19.3 Å². The van der Waals surface area contributed by atoms with Gasteiger partial charge >= 0.3 is 5.97 Å². The first-order chi connectivity index (χ1) is 19.5. The number of aromatic nitrogens is 4. The Kier molecular flexibility index (Phi) is 5.84. The van der Waals surface area contributed by atoms with Crippen LogP contribution in [0.4, 0.5) is 0 Å². The van der Waals surface area contributed by atoms with Crippen molar-refractivity contribution >= 4 is 38.5 Å². The smallest absolute Gasteiger partial charge is 0.336 e. The van der Waals surface area contributed by atoms with Gasteiger partial charge in [0.15, 0.2) is 0 Å². The van der Waals surface area contributed by atoms with Crippen LogP contribution in [-0.4, -0.2) is 30.6 Å². The maximum atomic E-state index is 12.7. The summed E-state index contributed by atoms with van der Waals surface area (Å²) in [5.41, 5.74) is 6.33. The summed E-state index contributed by atoms with van der Waals surface area (Å²) >= 11 is 0. The second kappa shape index (κ2) is 9.56. The van der Waals surface area contributed by atoms with E-state index in [1.54, 1.807) is 6.20 Å². The summed E-state index contributed by atoms with van der Waals surface area (Å²) in [4.78, 5) is 26.7. The monoisotopic (exact) mass is 526 g/mol. The lowest BCUT2D eigenvalue weighted by Crippen LogP contribution is -2.14. The van der Waals surface area contributed by atoms with Crippen LogP contribution < -0.4 is 0 Å². The van der Waals surface area contributed by atoms with Crippen LogP contribution in [0.5, 0.6) is 0 Å². The van der Waals surface area contributed by atoms with Gasteiger partial charge in [-0.05, 0) is 78.9 Å². The van der Waals surface area contributed by atoms with Crippen LogP contribution in [0.3, 0.4) is 0 Å². The number of aryl methyl sites for hydroxylation is 2. The van der Waals surface area contributed by atoms with E-state index in [-0.39, 0.29) is 0 Å². The van der Waals surface area contributed by atoms with Crippen LogP contribution in [0.15, 0.2) is 73.2 Å². The molecule has 1 saturated carbocycles. The standard InChI is InChI=1S/C34H30N4O2/c1-20-14-29-32(31(30(20)34(39)40)23-8-10-25-18-35-13-12-22(25)16-23)37-33(38(29)28-6-4-3-5-7-28)24-9-11-26-19-36-21(2)15-27(26)17-24/h8-19,28H,3-7H2,1-2H3,(H,39,40). The molecule has 0 amide bonds. The molecule has 0 saturated heterocycles. The van der Waals surface area contributed by atoms with Crippen LogP contribution >= 0.6 is 0 Å². The van der Waals surface area contributed by atoms with E-state index in [0.717, 1.165) is 73.6 Å². The van der Waals surface area contributed by atoms with E-state index < -0.39 is 5.97 Å². The molecule has 7 rings (SSSR count). The van der Waals surface area contributed by atoms with Crippen molar-refractivity contribution in [2.45, 2.75) is 52.0 Å². The van der Waals surface area contributed by atoms with Crippen molar-refractivity contribution in [2.75, 3.05) is 0 Å². The van der Waals surface area contributed by atoms with Crippen LogP contribution in [0.25, 0.3) is 55.1 Å². The van der Waals surface area contributed by atoms with Gasteiger partial charge in [0, 0.05) is 52.2 Å². The molecule has 0 spiro atoms. The minimum atomic E-state index is -0.938. The fourth-order valence-corrected chi connectivity index (χ4v) is 6.46. The highest BCUT2D eigenvalue weighted by Crippen LogP contribution is 2.42. The van der Waals surface area contributed by atoms with E-state index >= 15 is 0 Å². The molecule has 6 heteroatoms. The lowest BCUT2D eigenvalue weighted by molar-refractivity contribution is 0.0697. The largest absolute Gasteiger partial charge is 0.478 e. The Labute approximate surface area is 232 Å². The molecule has 3 aromatic heterocycles. The molecular weight excluding hydrogens is 496 g/mol. The number of fused-ring (bicyclic) bond motifs is 3. The minimum Gasteiger partial charge on any atom is -0.478 e. The summed E-state index contributed by atoms with van der Waals surface area (Å²) in [6, 6.07) is 18.9. The molecule has 1 fully saturated rings. The lowest BCUT2D eigenvalue weighted by atomic mass is 9.92. The number of rotatable bonds is 4. The Bertz CT molecular complexity index is 1950. The first-order valence-electron chi connectivity index (χ1n) is 14.0. The molecule has 6 aromatic rings. The molecule has 40 heavy (non-hydrogen) atoms. The van der Waals surface area contributed by atoms with Crippen molar-refractivity contribution in [2.24, 2.45) is 0 Å². The van der Waals surface area contributed by atoms with E-state index in [2.05, 4.69) is 44.9 Å². The summed E-state index contributed by atoms with van der Waals surface area (Å²) in [5.74, 6) is -0.0434. The zero-order chi connectivity index (χ0) is 27.4. The van der Waals surface area contributed by atoms with Gasteiger partial charge in [0.05, 0.1) is 16.6 Å². The van der Waals surface area contributed by atoms with Gasteiger partial charge < -0.3 is 9.67 Å². The summed E-state index contributed by atoms with van der Waals surface area (Å²) in [6.45, 7) is 3.91. The van der Waals surface area contributed by atoms with Crippen molar-refractivity contribution in [3.05, 3.63) is 90.0 Å². The molecule has 0 aliphatic heterocycles. The predicted molar refractivity (Wildman–Crippen MR) is 160 cm³/mol. The van der Waals surface area contributed by atoms with Crippen molar-refractivity contribution < 1.29 is 9.90 Å². The maximum absolute atomic E-state index is 12.7. The first-order valence-corrected chi connectivity index (χ1v) is 14.0. The molecule has 0 atom stereocenters. The molecule has 0 unspecified atom stereocenters. The summed E-state index contributed by atoms with van der Waals surface area (Å²) in [5, 5.41) is 14.7. The number of hydrogen-bond donors (Lipinski definition) is 1. The molecule has 0 radical (unpaired) electrons. The second-order valence-corrected chi connectivity index (χ2v) is 11.0. The number of carboxylic acids is 1. The highest BCUT2D eigenvalue weighted by Gasteiger charge is 2.27. The number of carbonyl (C=O) groups is 1. The van der Waals surface area contributed by atoms with Crippen molar-refractivity contribution in [1.29, 1.82) is 0 Å². The number of aromatic carboxylic acids is 1. The van der Waals surface area contributed by atoms with Crippen LogP contribution in [-0.2, 0) is 0 Å². The van der Waals surface area contributed by atoms with Gasteiger partial charge in [-0.1, -0.05) is 43.5 Å². The Balaban J connectivity index is 1.56. The van der Waals surface area contributed by atoms with Crippen molar-refractivity contribution in [3.8, 4) is 22.5 Å². The summed E-state index contributed by atoms with van der Waals surface area (Å²) < 4.78 is 2.40. The number of imidazole rings is 1. The third-order valence-electron chi connectivity index (χ3n) is 8.38. The normalized spacial score (nSPS) is 14.3. The second-order valence-electron chi connectivity index (χ2n) is 11.0. The van der Waals surface area contributed by atoms with Crippen molar-refractivity contribution in [1.82, 2.24) is 19.5 Å². The third-order valence-corrected chi connectivity index (χ3v) is 8.38. The topological polar surface area (TPSA) is 80.9 Å². The quantitative estimate of drug-likeness (QED) is 0.250. The SMILES string of the molecule is Cc1cc2cc(-c3nc4c(-c5ccc6cnccc6c5)c(C(=O)O)c(C)cc4n3C3CCCCC3)ccc2cn1. The van der Waals surface area contributed by atoms with Gasteiger partial charge in [0.2, 0.25) is 0 Å². The van der Waals surface area contributed by atoms with E-state index in [4.69, 9.17) is 4.98 Å². The van der Waals surface area contributed by atoms with Gasteiger partial charge in [-0.2, -0.15) is 0 Å². The van der Waals surface area contributed by atoms with Gasteiger partial charge in [-0.15, -0.1) is 0 Å². The fourth-order valence-electron chi connectivity index (χ4n) is 6.46. The molecule has 1 aliphatic carbocycles. The molecular formula is C34H30N4O2. The Morgan fingerprint density at radius 2 is 1.60 bits per heavy atom. The number of carboxylic acid groups (broad SMARTS) is 1. The Morgan fingerprint density at radius 1 is 0.850 bits per heavy atom. The average Bonchev–Trinajstić information content (AvgIpc) is 3.35. The van der Waals surface area contributed by atoms with Crippen LogP contribution in [0.1, 0.15) is 59.8 Å². The van der Waals surface area contributed by atoms with Crippen molar-refractivity contribution in [3.63, 3.8) is 0 Å². The van der Waals surface area contributed by atoms with Crippen LogP contribution in [0.2, 0.25) is 0 Å². The lowest BCUT2D eigenvalue weighted by Gasteiger charge is -2.26. The Hall–Kier alpha value is -4.58. The van der Waals surface area contributed by atoms with Gasteiger partial charge in [0.25, 0.3) is 0 Å². The van der Waals surface area contributed by atoms with E-state index in [0.29, 0.717) is 17.2 Å². The van der Waals surface area contributed by atoms with E-state index in [9.17, 15) is 9.90 Å². The number of benzene rings is 3. The maximum Gasteiger partial charge on any atom is 0.336 e. The molecule has 6 nitrogen and oxygen atoms in total. The van der Waals surface area contributed by atoms with E-state index in [1.807, 2.05) is 50.5 Å². The molecule has 1 N–H and O–H groups in total. The highest BCUT2D eigenvalue weighted by molar-refractivity contribution is 6.08. The average molecular weight is 527 g/mol. The van der Waals surface area contributed by atoms with Gasteiger partial charge in [-0.3, -0.25) is 9.97 Å². The molecule has 3 aromatic carbocycles.